The molecule has 0 aromatic heterocycles. The standard InChI is InChI=1S/C45H66O3P.C30H21O3P/c1-40(2,3)29-19-27-21-35(42(7,8)9)33(25-31(27)37(23-29)44(13,14)15)39(49(46,47)48)34-26-32-28(22-36(34)43(10,11)12)20-30(41(4,5)6)24-38(32)45(16,17)18;1-4-16-25-22(10-1)13-7-19-28(25)31-34(32-29-20-8-14-23-11-2-5-17-26(23)29)33-30-21-9-15-24-12-3-6-18-27(24)30/h19-26,39,46-48H,1-18H3;1-21H/q+1;. The smallest absolute Gasteiger partial charge is 0.408 e. The predicted molar refractivity (Wildman–Crippen MR) is 356 cm³/mol. The van der Waals surface area contributed by atoms with E-state index in [1.807, 2.05) is 91.0 Å². The normalized spacial score (nSPS) is 13.1. The Labute approximate surface area is 496 Å². The maximum atomic E-state index is 11.7. The van der Waals surface area contributed by atoms with Crippen LogP contribution in [-0.4, -0.2) is 14.7 Å². The Morgan fingerprint density at radius 2 is 0.590 bits per heavy atom. The van der Waals surface area contributed by atoms with Crippen molar-refractivity contribution in [3.8, 4) is 17.2 Å². The van der Waals surface area contributed by atoms with Crippen LogP contribution in [0.3, 0.4) is 0 Å². The van der Waals surface area contributed by atoms with Gasteiger partial charge in [-0.05, 0) is 134 Å². The fraction of sp³-hybridized carbons (Fsp3) is 0.333. The third-order valence-corrected chi connectivity index (χ3v) is 18.2. The number of hydrogen-bond acceptors (Lipinski definition) is 6. The molecule has 0 heterocycles. The molecule has 0 aliphatic heterocycles. The van der Waals surface area contributed by atoms with Crippen molar-refractivity contribution in [1.82, 2.24) is 0 Å². The topological polar surface area (TPSA) is 88.4 Å². The molecule has 0 unspecified atom stereocenters. The highest BCUT2D eigenvalue weighted by Gasteiger charge is 2.49. The summed E-state index contributed by atoms with van der Waals surface area (Å²) in [5.41, 5.74) is 6.46. The van der Waals surface area contributed by atoms with Gasteiger partial charge in [0, 0.05) is 27.3 Å². The molecule has 8 heteroatoms. The SMILES string of the molecule is CC(C)(C)c1cc(C(C)(C)C)c2cc(C(c3cc4c(C(C)(C)C)cc(C(C)(C)C)cc4cc3C(C)(C)C)[P+](O)(O)O)c(C(C)(C)C)cc2c1.c1ccc2c(OP(Oc3cccc4ccccc34)Oc3cccc4ccccc34)cccc2c1. The summed E-state index contributed by atoms with van der Waals surface area (Å²) in [6, 6.07) is 60.6. The van der Waals surface area contributed by atoms with Gasteiger partial charge >= 0.3 is 16.5 Å². The lowest BCUT2D eigenvalue weighted by Gasteiger charge is -2.34. The van der Waals surface area contributed by atoms with Crippen LogP contribution in [0.1, 0.15) is 175 Å². The highest BCUT2D eigenvalue weighted by Crippen LogP contribution is 2.65. The minimum Gasteiger partial charge on any atom is -0.408 e. The van der Waals surface area contributed by atoms with E-state index in [0.29, 0.717) is 0 Å². The second kappa shape index (κ2) is 22.6. The van der Waals surface area contributed by atoms with Gasteiger partial charge in [0.2, 0.25) is 5.66 Å². The Bertz CT molecular complexity index is 3670. The van der Waals surface area contributed by atoms with Crippen LogP contribution in [0.4, 0.5) is 0 Å². The van der Waals surface area contributed by atoms with Gasteiger partial charge in [-0.3, -0.25) is 0 Å². The minimum absolute atomic E-state index is 0.0381. The van der Waals surface area contributed by atoms with Gasteiger partial charge in [0.1, 0.15) is 17.2 Å². The molecule has 0 saturated heterocycles. The molecule has 0 spiro atoms. The number of rotatable bonds is 9. The Hall–Kier alpha value is -6.36. The lowest BCUT2D eigenvalue weighted by molar-refractivity contribution is 0.320. The molecule has 0 radical (unpaired) electrons. The van der Waals surface area contributed by atoms with E-state index in [2.05, 4.69) is 210 Å². The third kappa shape index (κ3) is 13.4. The number of fused-ring (bicyclic) bond motifs is 5. The van der Waals surface area contributed by atoms with E-state index in [0.717, 1.165) is 93.4 Å². The lowest BCUT2D eigenvalue weighted by atomic mass is 9.73. The molecule has 432 valence electrons. The van der Waals surface area contributed by atoms with Gasteiger partial charge < -0.3 is 13.6 Å². The van der Waals surface area contributed by atoms with E-state index < -0.39 is 22.2 Å². The summed E-state index contributed by atoms with van der Waals surface area (Å²) in [4.78, 5) is 35.1. The summed E-state index contributed by atoms with van der Waals surface area (Å²) in [5, 5.41) is 10.8. The van der Waals surface area contributed by atoms with Crippen molar-refractivity contribution in [1.29, 1.82) is 0 Å². The summed E-state index contributed by atoms with van der Waals surface area (Å²) in [7, 11) is -6.31. The van der Waals surface area contributed by atoms with Crippen LogP contribution >= 0.6 is 16.5 Å². The molecule has 83 heavy (non-hydrogen) atoms. The molecule has 0 amide bonds. The maximum absolute atomic E-state index is 11.7. The molecule has 10 rings (SSSR count). The molecule has 6 nitrogen and oxygen atoms in total. The van der Waals surface area contributed by atoms with Crippen molar-refractivity contribution in [3.05, 3.63) is 220 Å². The second-order valence-corrected chi connectivity index (χ2v) is 31.6. The van der Waals surface area contributed by atoms with E-state index in [9.17, 15) is 14.7 Å². The largest absolute Gasteiger partial charge is 0.530 e. The van der Waals surface area contributed by atoms with Gasteiger partial charge in [0.25, 0.3) is 0 Å². The third-order valence-electron chi connectivity index (χ3n) is 15.9. The van der Waals surface area contributed by atoms with Crippen molar-refractivity contribution in [3.63, 3.8) is 0 Å². The van der Waals surface area contributed by atoms with Gasteiger partial charge in [0.15, 0.2) is 0 Å². The quantitative estimate of drug-likeness (QED) is 0.125. The molecule has 10 aromatic carbocycles. The number of benzene rings is 10. The molecule has 0 saturated carbocycles. The van der Waals surface area contributed by atoms with Crippen molar-refractivity contribution in [2.24, 2.45) is 0 Å². The molecule has 0 bridgehead atoms. The second-order valence-electron chi connectivity index (χ2n) is 28.8. The van der Waals surface area contributed by atoms with Gasteiger partial charge in [0.05, 0.1) is 0 Å². The fourth-order valence-corrected chi connectivity index (χ4v) is 13.6. The van der Waals surface area contributed by atoms with E-state index in [4.69, 9.17) is 13.6 Å². The summed E-state index contributed by atoms with van der Waals surface area (Å²) in [6.45, 7) is 40.0. The zero-order valence-corrected chi connectivity index (χ0v) is 54.1. The zero-order chi connectivity index (χ0) is 60.4. The Morgan fingerprint density at radius 3 is 0.867 bits per heavy atom. The average Bonchev–Trinajstić information content (AvgIpc) is 1.27. The van der Waals surface area contributed by atoms with Crippen LogP contribution in [0.25, 0.3) is 53.9 Å². The van der Waals surface area contributed by atoms with Crippen LogP contribution in [0, 0.1) is 0 Å². The van der Waals surface area contributed by atoms with Gasteiger partial charge in [-0.1, -0.05) is 270 Å². The van der Waals surface area contributed by atoms with Gasteiger partial charge in [-0.25, -0.2) is 0 Å². The molecule has 0 fully saturated rings. The van der Waals surface area contributed by atoms with Crippen molar-refractivity contribution >= 4 is 70.4 Å². The molecule has 3 N–H and O–H groups in total. The molecule has 10 aromatic rings. The first-order valence-electron chi connectivity index (χ1n) is 29.2. The zero-order valence-electron chi connectivity index (χ0n) is 52.3. The van der Waals surface area contributed by atoms with Crippen LogP contribution in [0.2, 0.25) is 0 Å². The summed E-state index contributed by atoms with van der Waals surface area (Å²) >= 11 is 0. The predicted octanol–water partition coefficient (Wildman–Crippen LogP) is 21.5. The Balaban J connectivity index is 0.000000212. The molecule has 0 atom stereocenters. The highest BCUT2D eigenvalue weighted by atomic mass is 31.2. The summed E-state index contributed by atoms with van der Waals surface area (Å²) in [5.74, 6) is 2.18. The van der Waals surface area contributed by atoms with Crippen LogP contribution < -0.4 is 13.6 Å². The first-order chi connectivity index (χ1) is 38.6. The molecular weight excluding hydrogens is 1060 g/mol. The Kier molecular flexibility index (Phi) is 16.6. The highest BCUT2D eigenvalue weighted by molar-refractivity contribution is 7.59. The van der Waals surface area contributed by atoms with Gasteiger partial charge in [-0.15, -0.1) is 0 Å². The Morgan fingerprint density at radius 1 is 0.301 bits per heavy atom. The van der Waals surface area contributed by atoms with E-state index >= 15 is 0 Å². The van der Waals surface area contributed by atoms with Crippen molar-refractivity contribution < 1.29 is 28.3 Å². The number of hydrogen-bond donors (Lipinski definition) is 3. The molecular formula is C75H87O6P2+. The first kappa shape index (κ1) is 61.2. The molecule has 0 aliphatic carbocycles. The van der Waals surface area contributed by atoms with Crippen LogP contribution in [-0.2, 0) is 32.5 Å². The van der Waals surface area contributed by atoms with E-state index in [-0.39, 0.29) is 32.5 Å². The summed E-state index contributed by atoms with van der Waals surface area (Å²) in [6.07, 6.45) is 0. The van der Waals surface area contributed by atoms with Crippen LogP contribution in [0.15, 0.2) is 176 Å². The fourth-order valence-electron chi connectivity index (χ4n) is 11.4. The minimum atomic E-state index is -4.50. The van der Waals surface area contributed by atoms with Gasteiger partial charge in [-0.2, -0.15) is 14.7 Å². The van der Waals surface area contributed by atoms with Crippen molar-refractivity contribution in [2.45, 2.75) is 163 Å². The van der Waals surface area contributed by atoms with Crippen LogP contribution in [0.5, 0.6) is 17.2 Å². The monoisotopic (exact) mass is 1150 g/mol. The maximum Gasteiger partial charge on any atom is 0.530 e. The average molecular weight is 1150 g/mol. The van der Waals surface area contributed by atoms with E-state index in [1.54, 1.807) is 0 Å². The molecule has 0 aliphatic rings. The van der Waals surface area contributed by atoms with Crippen molar-refractivity contribution in [2.75, 3.05) is 0 Å². The van der Waals surface area contributed by atoms with E-state index in [1.165, 1.54) is 22.3 Å². The lowest BCUT2D eigenvalue weighted by Crippen LogP contribution is -2.23. The summed E-state index contributed by atoms with van der Waals surface area (Å²) < 4.78 is 19.4. The first-order valence-corrected chi connectivity index (χ1v) is 32.0.